The minimum absolute atomic E-state index is 0.0268. The maximum absolute atomic E-state index is 13.1. The predicted octanol–water partition coefficient (Wildman–Crippen LogP) is 2.56. The number of fused-ring (bicyclic) bond motifs is 1. The van der Waals surface area contributed by atoms with Gasteiger partial charge in [0.2, 0.25) is 0 Å². The van der Waals surface area contributed by atoms with E-state index in [1.165, 1.54) is 0 Å². The van der Waals surface area contributed by atoms with Gasteiger partial charge in [-0.3, -0.25) is 14.6 Å². The second-order valence-corrected chi connectivity index (χ2v) is 6.82. The number of aromatic nitrogens is 2. The van der Waals surface area contributed by atoms with Crippen molar-refractivity contribution < 1.29 is 9.59 Å². The fourth-order valence-corrected chi connectivity index (χ4v) is 3.66. The van der Waals surface area contributed by atoms with Gasteiger partial charge < -0.3 is 14.4 Å². The minimum Gasteiger partial charge on any atom is -0.350 e. The lowest BCUT2D eigenvalue weighted by Crippen LogP contribution is -2.37. The van der Waals surface area contributed by atoms with Crippen molar-refractivity contribution in [3.05, 3.63) is 66.1 Å². The van der Waals surface area contributed by atoms with Gasteiger partial charge in [0.05, 0.1) is 5.56 Å². The zero-order chi connectivity index (χ0) is 18.8. The van der Waals surface area contributed by atoms with Gasteiger partial charge in [-0.1, -0.05) is 24.3 Å². The molecule has 27 heavy (non-hydrogen) atoms. The second-order valence-electron chi connectivity index (χ2n) is 6.82. The highest BCUT2D eigenvalue weighted by Gasteiger charge is 2.25. The van der Waals surface area contributed by atoms with Crippen molar-refractivity contribution in [3.63, 3.8) is 0 Å². The van der Waals surface area contributed by atoms with Crippen molar-refractivity contribution >= 4 is 22.7 Å². The lowest BCUT2D eigenvalue weighted by molar-refractivity contribution is 0.0716. The number of carbonyl (C=O) groups excluding carboxylic acids is 2. The molecule has 0 saturated carbocycles. The Morgan fingerprint density at radius 2 is 1.59 bits per heavy atom. The van der Waals surface area contributed by atoms with Crippen LogP contribution in [0.25, 0.3) is 10.9 Å². The number of carbonyl (C=O) groups is 2. The first-order valence-corrected chi connectivity index (χ1v) is 9.19. The Kier molecular flexibility index (Phi) is 4.62. The molecule has 0 spiro atoms. The summed E-state index contributed by atoms with van der Waals surface area (Å²) in [6.45, 7) is 2.33. The van der Waals surface area contributed by atoms with E-state index in [2.05, 4.69) is 4.98 Å². The van der Waals surface area contributed by atoms with Crippen LogP contribution in [0.1, 0.15) is 27.3 Å². The number of amides is 2. The first-order chi connectivity index (χ1) is 13.1. The normalized spacial score (nSPS) is 15.0. The number of pyridine rings is 1. The largest absolute Gasteiger partial charge is 0.350 e. The molecule has 3 heterocycles. The maximum Gasteiger partial charge on any atom is 0.272 e. The van der Waals surface area contributed by atoms with Crippen LogP contribution >= 0.6 is 0 Å². The summed E-state index contributed by atoms with van der Waals surface area (Å²) in [5.74, 6) is -0.0472. The van der Waals surface area contributed by atoms with Crippen molar-refractivity contribution in [1.29, 1.82) is 0 Å². The van der Waals surface area contributed by atoms with Crippen molar-refractivity contribution in [2.45, 2.75) is 6.42 Å². The van der Waals surface area contributed by atoms with E-state index in [0.717, 1.165) is 22.9 Å². The number of hydrogen-bond acceptors (Lipinski definition) is 3. The Bertz CT molecular complexity index is 980. The predicted molar refractivity (Wildman–Crippen MR) is 104 cm³/mol. The fraction of sp³-hybridized carbons (Fsp3) is 0.286. The number of hydrogen-bond donors (Lipinski definition) is 0. The minimum atomic E-state index is -0.0740. The van der Waals surface area contributed by atoms with Gasteiger partial charge in [-0.05, 0) is 24.6 Å². The summed E-state index contributed by atoms with van der Waals surface area (Å²) in [7, 11) is 1.95. The molecule has 1 aliphatic heterocycles. The molecule has 1 aromatic carbocycles. The van der Waals surface area contributed by atoms with Gasteiger partial charge in [-0.2, -0.15) is 0 Å². The molecular weight excluding hydrogens is 340 g/mol. The lowest BCUT2D eigenvalue weighted by Gasteiger charge is -2.22. The molecule has 0 N–H and O–H groups in total. The number of para-hydroxylation sites is 1. The molecule has 1 saturated heterocycles. The van der Waals surface area contributed by atoms with E-state index in [-0.39, 0.29) is 11.8 Å². The summed E-state index contributed by atoms with van der Waals surface area (Å²) in [4.78, 5) is 33.6. The molecule has 6 heteroatoms. The Morgan fingerprint density at radius 1 is 0.889 bits per heavy atom. The van der Waals surface area contributed by atoms with Gasteiger partial charge in [0.15, 0.2) is 0 Å². The smallest absolute Gasteiger partial charge is 0.272 e. The van der Waals surface area contributed by atoms with Crippen LogP contribution in [0.4, 0.5) is 0 Å². The average molecular weight is 362 g/mol. The summed E-state index contributed by atoms with van der Waals surface area (Å²) in [6.07, 6.45) is 4.28. The molecular formula is C21H22N4O2. The Hall–Kier alpha value is -3.15. The summed E-state index contributed by atoms with van der Waals surface area (Å²) >= 11 is 0. The van der Waals surface area contributed by atoms with Gasteiger partial charge >= 0.3 is 0 Å². The molecule has 0 atom stereocenters. The van der Waals surface area contributed by atoms with Gasteiger partial charge in [-0.15, -0.1) is 0 Å². The summed E-state index contributed by atoms with van der Waals surface area (Å²) < 4.78 is 1.98. The van der Waals surface area contributed by atoms with Crippen LogP contribution in [-0.4, -0.2) is 57.3 Å². The molecule has 3 aromatic rings. The van der Waals surface area contributed by atoms with Gasteiger partial charge in [-0.25, -0.2) is 0 Å². The van der Waals surface area contributed by atoms with E-state index in [0.29, 0.717) is 31.9 Å². The highest BCUT2D eigenvalue weighted by Crippen LogP contribution is 2.22. The molecule has 1 aliphatic rings. The van der Waals surface area contributed by atoms with Crippen molar-refractivity contribution in [2.24, 2.45) is 7.05 Å². The van der Waals surface area contributed by atoms with Crippen LogP contribution < -0.4 is 0 Å². The Morgan fingerprint density at radius 3 is 2.33 bits per heavy atom. The zero-order valence-electron chi connectivity index (χ0n) is 15.3. The molecule has 0 bridgehead atoms. The highest BCUT2D eigenvalue weighted by molar-refractivity contribution is 6.07. The second kappa shape index (κ2) is 7.23. The summed E-state index contributed by atoms with van der Waals surface area (Å²) in [5.41, 5.74) is 2.21. The van der Waals surface area contributed by atoms with Gasteiger partial charge in [0.1, 0.15) is 5.69 Å². The van der Waals surface area contributed by atoms with E-state index in [4.69, 9.17) is 0 Å². The van der Waals surface area contributed by atoms with Crippen LogP contribution in [0.15, 0.2) is 54.9 Å². The monoisotopic (exact) mass is 362 g/mol. The topological polar surface area (TPSA) is 58.4 Å². The fourth-order valence-electron chi connectivity index (χ4n) is 3.66. The van der Waals surface area contributed by atoms with E-state index in [1.807, 2.05) is 53.0 Å². The van der Waals surface area contributed by atoms with E-state index < -0.39 is 0 Å². The van der Waals surface area contributed by atoms with Crippen LogP contribution in [0.2, 0.25) is 0 Å². The van der Waals surface area contributed by atoms with Crippen LogP contribution in [0.3, 0.4) is 0 Å². The number of benzene rings is 1. The van der Waals surface area contributed by atoms with Crippen molar-refractivity contribution in [2.75, 3.05) is 26.2 Å². The lowest BCUT2D eigenvalue weighted by atomic mass is 10.1. The maximum atomic E-state index is 13.1. The molecule has 0 radical (unpaired) electrons. The molecule has 4 rings (SSSR count). The molecule has 2 amide bonds. The zero-order valence-corrected chi connectivity index (χ0v) is 15.3. The van der Waals surface area contributed by atoms with Crippen molar-refractivity contribution in [3.8, 4) is 0 Å². The third-order valence-corrected chi connectivity index (χ3v) is 5.08. The molecule has 1 fully saturated rings. The number of rotatable bonds is 2. The number of nitrogens with zero attached hydrogens (tertiary/aromatic N) is 4. The van der Waals surface area contributed by atoms with E-state index in [1.54, 1.807) is 23.2 Å². The van der Waals surface area contributed by atoms with Crippen LogP contribution in [-0.2, 0) is 7.05 Å². The standard InChI is InChI=1S/C21H22N4O2/c1-23-15-17(16-7-2-3-9-19(16)23)20(26)24-11-6-12-25(14-13-24)21(27)18-8-4-5-10-22-18/h2-5,7-10,15H,6,11-14H2,1H3. The average Bonchev–Trinajstić information content (AvgIpc) is 2.89. The van der Waals surface area contributed by atoms with E-state index in [9.17, 15) is 9.59 Å². The quantitative estimate of drug-likeness (QED) is 0.704. The molecule has 0 aliphatic carbocycles. The first kappa shape index (κ1) is 17.3. The number of aryl methyl sites for hydroxylation is 1. The molecule has 6 nitrogen and oxygen atoms in total. The molecule has 2 aromatic heterocycles. The van der Waals surface area contributed by atoms with Crippen LogP contribution in [0, 0.1) is 0 Å². The Labute approximate surface area is 158 Å². The van der Waals surface area contributed by atoms with Gasteiger partial charge in [0, 0.05) is 56.5 Å². The third-order valence-electron chi connectivity index (χ3n) is 5.08. The summed E-state index contributed by atoms with van der Waals surface area (Å²) in [6, 6.07) is 13.3. The molecule has 138 valence electrons. The highest BCUT2D eigenvalue weighted by atomic mass is 16.2. The van der Waals surface area contributed by atoms with Crippen LogP contribution in [0.5, 0.6) is 0 Å². The SMILES string of the molecule is Cn1cc(C(=O)N2CCCN(C(=O)c3ccccn3)CC2)c2ccccc21. The van der Waals surface area contributed by atoms with Gasteiger partial charge in [0.25, 0.3) is 11.8 Å². The van der Waals surface area contributed by atoms with E-state index >= 15 is 0 Å². The summed E-state index contributed by atoms with van der Waals surface area (Å²) in [5, 5.41) is 0.968. The van der Waals surface area contributed by atoms with Crippen molar-refractivity contribution in [1.82, 2.24) is 19.4 Å². The first-order valence-electron chi connectivity index (χ1n) is 9.19. The Balaban J connectivity index is 1.51. The third kappa shape index (κ3) is 3.30. The molecule has 0 unspecified atom stereocenters.